The third kappa shape index (κ3) is 2.67. The van der Waals surface area contributed by atoms with Gasteiger partial charge in [0.15, 0.2) is 0 Å². The van der Waals surface area contributed by atoms with E-state index >= 15 is 0 Å². The number of piperidine rings is 1. The summed E-state index contributed by atoms with van der Waals surface area (Å²) >= 11 is 0. The molecule has 24 heavy (non-hydrogen) atoms. The van der Waals surface area contributed by atoms with Gasteiger partial charge in [-0.05, 0) is 38.4 Å². The number of likely N-dealkylation sites (tertiary alicyclic amines) is 2. The van der Waals surface area contributed by atoms with Gasteiger partial charge in [0.25, 0.3) is 5.91 Å². The fourth-order valence-electron chi connectivity index (χ4n) is 3.89. The summed E-state index contributed by atoms with van der Waals surface area (Å²) in [5.41, 5.74) is 0.600. The molecule has 0 unspecified atom stereocenters. The Balaban J connectivity index is 1.46. The molecular formula is C19H22FN3O. The molecule has 0 N–H and O–H groups in total. The summed E-state index contributed by atoms with van der Waals surface area (Å²) in [5, 5.41) is 0.718. The molecule has 5 heteroatoms. The van der Waals surface area contributed by atoms with Gasteiger partial charge in [-0.2, -0.15) is 0 Å². The summed E-state index contributed by atoms with van der Waals surface area (Å²) in [4.78, 5) is 21.2. The number of hydrogen-bond donors (Lipinski definition) is 0. The van der Waals surface area contributed by atoms with Crippen molar-refractivity contribution in [3.8, 4) is 0 Å². The molecule has 2 saturated heterocycles. The molecule has 4 rings (SSSR count). The standard InChI is InChI=1S/C19H22FN3O/c1-13-5-2-3-10-23(13)15-11-22(12-15)19(24)17-9-8-14-6-4-7-16(20)18(14)21-17/h4,6-9,13,15H,2-3,5,10-12H2,1H3/t13-/m0/s1. The Labute approximate surface area is 141 Å². The van der Waals surface area contributed by atoms with Crippen molar-refractivity contribution in [2.24, 2.45) is 0 Å². The molecule has 2 aliphatic heterocycles. The Morgan fingerprint density at radius 2 is 2.04 bits per heavy atom. The molecule has 3 heterocycles. The van der Waals surface area contributed by atoms with E-state index in [2.05, 4.69) is 16.8 Å². The van der Waals surface area contributed by atoms with Crippen molar-refractivity contribution in [3.05, 3.63) is 41.8 Å². The van der Waals surface area contributed by atoms with Crippen molar-refractivity contribution < 1.29 is 9.18 Å². The van der Waals surface area contributed by atoms with Gasteiger partial charge < -0.3 is 4.90 Å². The molecule has 2 aliphatic rings. The SMILES string of the molecule is C[C@H]1CCCCN1C1CN(C(=O)c2ccc3cccc(F)c3n2)C1. The summed E-state index contributed by atoms with van der Waals surface area (Å²) in [5.74, 6) is -0.480. The van der Waals surface area contributed by atoms with Crippen LogP contribution in [-0.2, 0) is 0 Å². The van der Waals surface area contributed by atoms with Gasteiger partial charge in [-0.15, -0.1) is 0 Å². The second kappa shape index (κ2) is 6.13. The Bertz CT molecular complexity index is 772. The van der Waals surface area contributed by atoms with Gasteiger partial charge in [0, 0.05) is 30.6 Å². The summed E-state index contributed by atoms with van der Waals surface area (Å²) in [7, 11) is 0. The third-order valence-corrected chi connectivity index (χ3v) is 5.36. The molecule has 1 amide bonds. The number of amides is 1. The smallest absolute Gasteiger partial charge is 0.272 e. The molecule has 2 fully saturated rings. The molecule has 1 aromatic carbocycles. The number of benzene rings is 1. The number of fused-ring (bicyclic) bond motifs is 1. The number of nitrogens with zero attached hydrogens (tertiary/aromatic N) is 3. The zero-order valence-electron chi connectivity index (χ0n) is 13.9. The van der Waals surface area contributed by atoms with Crippen LogP contribution >= 0.6 is 0 Å². The maximum absolute atomic E-state index is 13.9. The fourth-order valence-corrected chi connectivity index (χ4v) is 3.89. The lowest BCUT2D eigenvalue weighted by Crippen LogP contribution is -2.63. The van der Waals surface area contributed by atoms with E-state index in [1.807, 2.05) is 4.90 Å². The molecule has 0 radical (unpaired) electrons. The normalized spacial score (nSPS) is 22.6. The van der Waals surface area contributed by atoms with Gasteiger partial charge in [0.2, 0.25) is 0 Å². The maximum Gasteiger partial charge on any atom is 0.272 e. The molecule has 0 bridgehead atoms. The number of pyridine rings is 1. The zero-order chi connectivity index (χ0) is 16.7. The minimum absolute atomic E-state index is 0.0962. The minimum Gasteiger partial charge on any atom is -0.334 e. The van der Waals surface area contributed by atoms with Crippen molar-refractivity contribution in [1.82, 2.24) is 14.8 Å². The summed E-state index contributed by atoms with van der Waals surface area (Å²) in [6.07, 6.45) is 3.80. The zero-order valence-corrected chi connectivity index (χ0v) is 13.9. The first-order chi connectivity index (χ1) is 11.6. The fraction of sp³-hybridized carbons (Fsp3) is 0.474. The minimum atomic E-state index is -0.384. The Hall–Kier alpha value is -2.01. The lowest BCUT2D eigenvalue weighted by molar-refractivity contribution is 0.00183. The van der Waals surface area contributed by atoms with E-state index in [9.17, 15) is 9.18 Å². The van der Waals surface area contributed by atoms with E-state index < -0.39 is 0 Å². The van der Waals surface area contributed by atoms with Gasteiger partial charge in [-0.3, -0.25) is 9.69 Å². The molecule has 1 aromatic heterocycles. The first-order valence-electron chi connectivity index (χ1n) is 8.74. The third-order valence-electron chi connectivity index (χ3n) is 5.36. The Morgan fingerprint density at radius 3 is 2.83 bits per heavy atom. The lowest BCUT2D eigenvalue weighted by atomic mass is 9.97. The van der Waals surface area contributed by atoms with E-state index in [0.717, 1.165) is 25.0 Å². The largest absolute Gasteiger partial charge is 0.334 e. The molecule has 4 nitrogen and oxygen atoms in total. The Morgan fingerprint density at radius 1 is 1.21 bits per heavy atom. The predicted octanol–water partition coefficient (Wildman–Crippen LogP) is 3.07. The van der Waals surface area contributed by atoms with Crippen LogP contribution in [0.5, 0.6) is 0 Å². The number of halogens is 1. The second-order valence-electron chi connectivity index (χ2n) is 6.95. The van der Waals surface area contributed by atoms with Crippen LogP contribution in [0.2, 0.25) is 0 Å². The second-order valence-corrected chi connectivity index (χ2v) is 6.95. The topological polar surface area (TPSA) is 36.4 Å². The monoisotopic (exact) mass is 327 g/mol. The molecule has 2 aromatic rings. The Kier molecular flexibility index (Phi) is 3.96. The van der Waals surface area contributed by atoms with Crippen LogP contribution in [0.15, 0.2) is 30.3 Å². The molecule has 1 atom stereocenters. The summed E-state index contributed by atoms with van der Waals surface area (Å²) in [6, 6.07) is 9.36. The number of carbonyl (C=O) groups is 1. The van der Waals surface area contributed by atoms with Crippen molar-refractivity contribution in [2.45, 2.75) is 38.3 Å². The first kappa shape index (κ1) is 15.5. The van der Waals surface area contributed by atoms with E-state index in [1.165, 1.54) is 25.3 Å². The van der Waals surface area contributed by atoms with Crippen LogP contribution in [0.25, 0.3) is 10.9 Å². The quantitative estimate of drug-likeness (QED) is 0.850. The van der Waals surface area contributed by atoms with Crippen LogP contribution in [0.4, 0.5) is 4.39 Å². The predicted molar refractivity (Wildman–Crippen MR) is 91.4 cm³/mol. The van der Waals surface area contributed by atoms with Crippen molar-refractivity contribution in [2.75, 3.05) is 19.6 Å². The van der Waals surface area contributed by atoms with E-state index in [-0.39, 0.29) is 17.2 Å². The number of hydrogen-bond acceptors (Lipinski definition) is 3. The molecule has 126 valence electrons. The summed E-state index contributed by atoms with van der Waals surface area (Å²) in [6.45, 7) is 4.91. The van der Waals surface area contributed by atoms with Crippen LogP contribution in [0, 0.1) is 5.82 Å². The van der Waals surface area contributed by atoms with E-state index in [1.54, 1.807) is 24.3 Å². The average Bonchev–Trinajstić information content (AvgIpc) is 2.55. The van der Waals surface area contributed by atoms with Crippen molar-refractivity contribution >= 4 is 16.8 Å². The van der Waals surface area contributed by atoms with Crippen LogP contribution in [0.1, 0.15) is 36.7 Å². The van der Waals surface area contributed by atoms with E-state index in [4.69, 9.17) is 0 Å². The highest BCUT2D eigenvalue weighted by molar-refractivity contribution is 5.95. The average molecular weight is 327 g/mol. The lowest BCUT2D eigenvalue weighted by Gasteiger charge is -2.49. The van der Waals surface area contributed by atoms with Crippen molar-refractivity contribution in [1.29, 1.82) is 0 Å². The highest BCUT2D eigenvalue weighted by atomic mass is 19.1. The molecule has 0 aliphatic carbocycles. The molecule has 0 saturated carbocycles. The number of rotatable bonds is 2. The van der Waals surface area contributed by atoms with Gasteiger partial charge in [-0.1, -0.05) is 24.6 Å². The number of carbonyl (C=O) groups excluding carboxylic acids is 1. The van der Waals surface area contributed by atoms with E-state index in [0.29, 0.717) is 17.8 Å². The first-order valence-corrected chi connectivity index (χ1v) is 8.74. The van der Waals surface area contributed by atoms with Crippen LogP contribution in [0.3, 0.4) is 0 Å². The number of para-hydroxylation sites is 1. The van der Waals surface area contributed by atoms with Gasteiger partial charge in [-0.25, -0.2) is 9.37 Å². The van der Waals surface area contributed by atoms with Crippen molar-refractivity contribution in [3.63, 3.8) is 0 Å². The highest BCUT2D eigenvalue weighted by Crippen LogP contribution is 2.25. The van der Waals surface area contributed by atoms with Crippen LogP contribution in [-0.4, -0.2) is 52.4 Å². The molecular weight excluding hydrogens is 305 g/mol. The number of aromatic nitrogens is 1. The maximum atomic E-state index is 13.9. The van der Waals surface area contributed by atoms with Gasteiger partial charge in [0.1, 0.15) is 17.0 Å². The van der Waals surface area contributed by atoms with Gasteiger partial charge >= 0.3 is 0 Å². The summed E-state index contributed by atoms with van der Waals surface area (Å²) < 4.78 is 13.9. The van der Waals surface area contributed by atoms with Crippen LogP contribution < -0.4 is 0 Å². The molecule has 0 spiro atoms. The highest BCUT2D eigenvalue weighted by Gasteiger charge is 2.38. The van der Waals surface area contributed by atoms with Gasteiger partial charge in [0.05, 0.1) is 0 Å².